The molecule has 3 aromatic rings. The van der Waals surface area contributed by atoms with Crippen molar-refractivity contribution in [2.75, 3.05) is 16.2 Å². The highest BCUT2D eigenvalue weighted by molar-refractivity contribution is 7.92. The molecule has 1 N–H and O–H groups in total. The number of hydrogen-bond acceptors (Lipinski definition) is 5. The number of ether oxygens (including phenoxy) is 1. The number of anilines is 2. The summed E-state index contributed by atoms with van der Waals surface area (Å²) in [5.41, 5.74) is -2.05. The number of halogens is 5. The summed E-state index contributed by atoms with van der Waals surface area (Å²) in [6, 6.07) is 7.58. The van der Waals surface area contributed by atoms with Gasteiger partial charge in [-0.2, -0.15) is 13.2 Å². The van der Waals surface area contributed by atoms with Crippen molar-refractivity contribution in [1.82, 2.24) is 4.98 Å². The fourth-order valence-electron chi connectivity index (χ4n) is 3.56. The monoisotopic (exact) mass is 529 g/mol. The van der Waals surface area contributed by atoms with E-state index in [1.54, 1.807) is 6.92 Å². The van der Waals surface area contributed by atoms with Gasteiger partial charge in [-0.1, -0.05) is 17.7 Å². The summed E-state index contributed by atoms with van der Waals surface area (Å²) < 4.78 is 86.7. The van der Waals surface area contributed by atoms with Crippen LogP contribution < -0.4 is 14.4 Å². The number of nitrogens with one attached hydrogen (secondary N) is 1. The standard InChI is InChI=1S/C22H16ClF4N3O4S/c1-12-11-34-18-10-28-19(29-21(31)20-15(22(25,26)27)3-2-4-16(20)23)9-17(18)30(12)35(32,33)14-7-5-13(24)6-8-14/h2-10,12H,11H2,1H3,(H,28,29,31). The van der Waals surface area contributed by atoms with Crippen molar-refractivity contribution in [1.29, 1.82) is 0 Å². The molecule has 1 atom stereocenters. The molecule has 0 fully saturated rings. The minimum absolute atomic E-state index is 0.00595. The lowest BCUT2D eigenvalue weighted by Crippen LogP contribution is -2.45. The maximum atomic E-state index is 13.4. The van der Waals surface area contributed by atoms with Gasteiger partial charge in [-0.15, -0.1) is 0 Å². The zero-order valence-corrected chi connectivity index (χ0v) is 19.4. The Balaban J connectivity index is 1.73. The first-order valence-electron chi connectivity index (χ1n) is 9.99. The van der Waals surface area contributed by atoms with Crippen molar-refractivity contribution in [2.45, 2.75) is 24.0 Å². The van der Waals surface area contributed by atoms with E-state index in [2.05, 4.69) is 10.3 Å². The number of hydrogen-bond donors (Lipinski definition) is 1. The number of aromatic nitrogens is 1. The quantitative estimate of drug-likeness (QED) is 0.474. The molecule has 0 radical (unpaired) electrons. The van der Waals surface area contributed by atoms with Gasteiger partial charge in [-0.3, -0.25) is 9.10 Å². The number of fused-ring (bicyclic) bond motifs is 1. The maximum absolute atomic E-state index is 13.4. The SMILES string of the molecule is CC1COc2cnc(NC(=O)c3c(Cl)cccc3C(F)(F)F)cc2N1S(=O)(=O)c1ccc(F)cc1. The Labute approximate surface area is 202 Å². The summed E-state index contributed by atoms with van der Waals surface area (Å²) in [5.74, 6) is -1.97. The average molecular weight is 530 g/mol. The van der Waals surface area contributed by atoms with Gasteiger partial charge >= 0.3 is 6.18 Å². The predicted octanol–water partition coefficient (Wildman–Crippen LogP) is 5.12. The number of nitrogens with zero attached hydrogens (tertiary/aromatic N) is 2. The van der Waals surface area contributed by atoms with Crippen LogP contribution in [0.1, 0.15) is 22.8 Å². The van der Waals surface area contributed by atoms with Crippen molar-refractivity contribution >= 4 is 39.0 Å². The molecule has 1 aliphatic rings. The summed E-state index contributed by atoms with van der Waals surface area (Å²) in [4.78, 5) is 16.5. The molecule has 0 spiro atoms. The first kappa shape index (κ1) is 24.7. The van der Waals surface area contributed by atoms with Gasteiger partial charge in [0.05, 0.1) is 39.0 Å². The Morgan fingerprint density at radius 3 is 2.54 bits per heavy atom. The summed E-state index contributed by atoms with van der Waals surface area (Å²) in [6.45, 7) is 1.55. The van der Waals surface area contributed by atoms with E-state index in [4.69, 9.17) is 16.3 Å². The van der Waals surface area contributed by atoms with Gasteiger partial charge in [0, 0.05) is 6.07 Å². The lowest BCUT2D eigenvalue weighted by atomic mass is 10.1. The molecule has 1 aliphatic heterocycles. The molecule has 35 heavy (non-hydrogen) atoms. The van der Waals surface area contributed by atoms with Crippen molar-refractivity contribution in [3.8, 4) is 5.75 Å². The molecule has 1 unspecified atom stereocenters. The summed E-state index contributed by atoms with van der Waals surface area (Å²) >= 11 is 5.88. The van der Waals surface area contributed by atoms with Crippen LogP contribution in [0.15, 0.2) is 59.6 Å². The Morgan fingerprint density at radius 1 is 1.20 bits per heavy atom. The molecule has 184 valence electrons. The molecule has 2 aromatic carbocycles. The fraction of sp³-hybridized carbons (Fsp3) is 0.182. The molecular formula is C22H16ClF4N3O4S. The normalized spacial score (nSPS) is 15.8. The van der Waals surface area contributed by atoms with Crippen LogP contribution in [-0.4, -0.2) is 32.0 Å². The fourth-order valence-corrected chi connectivity index (χ4v) is 5.46. The van der Waals surface area contributed by atoms with Gasteiger partial charge in [0.25, 0.3) is 15.9 Å². The second kappa shape index (κ2) is 9.00. The molecule has 2 heterocycles. The number of carbonyl (C=O) groups is 1. The topological polar surface area (TPSA) is 88.6 Å². The van der Waals surface area contributed by atoms with E-state index in [9.17, 15) is 30.8 Å². The molecule has 0 bridgehead atoms. The van der Waals surface area contributed by atoms with Crippen LogP contribution in [0.25, 0.3) is 0 Å². The van der Waals surface area contributed by atoms with Crippen LogP contribution in [-0.2, 0) is 16.2 Å². The van der Waals surface area contributed by atoms with E-state index < -0.39 is 50.1 Å². The van der Waals surface area contributed by atoms with Gasteiger partial charge in [-0.25, -0.2) is 17.8 Å². The van der Waals surface area contributed by atoms with Gasteiger partial charge in [-0.05, 0) is 43.3 Å². The molecule has 4 rings (SSSR count). The highest BCUT2D eigenvalue weighted by atomic mass is 35.5. The van der Waals surface area contributed by atoms with E-state index in [1.165, 1.54) is 0 Å². The van der Waals surface area contributed by atoms with Gasteiger partial charge < -0.3 is 10.1 Å². The van der Waals surface area contributed by atoms with Gasteiger partial charge in [0.2, 0.25) is 0 Å². The van der Waals surface area contributed by atoms with E-state index in [1.807, 2.05) is 0 Å². The van der Waals surface area contributed by atoms with Gasteiger partial charge in [0.15, 0.2) is 5.75 Å². The molecule has 1 amide bonds. The number of benzene rings is 2. The number of amides is 1. The second-order valence-corrected chi connectivity index (χ2v) is 9.79. The Bertz CT molecular complexity index is 1400. The Hall–Kier alpha value is -3.38. The largest absolute Gasteiger partial charge is 0.488 e. The molecule has 0 aliphatic carbocycles. The minimum Gasteiger partial charge on any atom is -0.488 e. The van der Waals surface area contributed by atoms with E-state index in [-0.39, 0.29) is 28.8 Å². The van der Waals surface area contributed by atoms with E-state index in [0.29, 0.717) is 6.07 Å². The predicted molar refractivity (Wildman–Crippen MR) is 120 cm³/mol. The Kier molecular flexibility index (Phi) is 6.36. The minimum atomic E-state index is -4.84. The zero-order chi connectivity index (χ0) is 25.5. The first-order valence-corrected chi connectivity index (χ1v) is 11.8. The summed E-state index contributed by atoms with van der Waals surface area (Å²) in [5, 5.41) is 1.81. The van der Waals surface area contributed by atoms with Crippen LogP contribution in [0, 0.1) is 5.82 Å². The molecule has 1 aromatic heterocycles. The number of carbonyl (C=O) groups excluding carboxylic acids is 1. The number of pyridine rings is 1. The highest BCUT2D eigenvalue weighted by Gasteiger charge is 2.38. The molecule has 0 saturated carbocycles. The third-order valence-electron chi connectivity index (χ3n) is 5.12. The number of rotatable bonds is 4. The molecule has 7 nitrogen and oxygen atoms in total. The summed E-state index contributed by atoms with van der Waals surface area (Å²) in [7, 11) is -4.20. The van der Waals surface area contributed by atoms with Crippen LogP contribution in [0.3, 0.4) is 0 Å². The third-order valence-corrected chi connectivity index (χ3v) is 7.38. The first-order chi connectivity index (χ1) is 16.4. The van der Waals surface area contributed by atoms with Crippen molar-refractivity contribution in [3.05, 3.63) is 76.7 Å². The van der Waals surface area contributed by atoms with Crippen LogP contribution >= 0.6 is 11.6 Å². The average Bonchev–Trinajstić information content (AvgIpc) is 2.78. The van der Waals surface area contributed by atoms with E-state index in [0.717, 1.165) is 53.0 Å². The zero-order valence-electron chi connectivity index (χ0n) is 17.8. The third kappa shape index (κ3) is 4.76. The maximum Gasteiger partial charge on any atom is 0.417 e. The number of sulfonamides is 1. The van der Waals surface area contributed by atoms with Crippen LogP contribution in [0.2, 0.25) is 5.02 Å². The Morgan fingerprint density at radius 2 is 1.89 bits per heavy atom. The summed E-state index contributed by atoms with van der Waals surface area (Å²) in [6.07, 6.45) is -3.70. The smallest absolute Gasteiger partial charge is 0.417 e. The van der Waals surface area contributed by atoms with Crippen molar-refractivity contribution in [3.63, 3.8) is 0 Å². The van der Waals surface area contributed by atoms with Crippen LogP contribution in [0.4, 0.5) is 29.1 Å². The molecular weight excluding hydrogens is 514 g/mol. The second-order valence-electron chi connectivity index (χ2n) is 7.57. The van der Waals surface area contributed by atoms with E-state index >= 15 is 0 Å². The van der Waals surface area contributed by atoms with Gasteiger partial charge in [0.1, 0.15) is 18.2 Å². The molecule has 13 heteroatoms. The van der Waals surface area contributed by atoms with Crippen LogP contribution in [0.5, 0.6) is 5.75 Å². The van der Waals surface area contributed by atoms with Crippen molar-refractivity contribution < 1.29 is 35.5 Å². The highest BCUT2D eigenvalue weighted by Crippen LogP contribution is 2.39. The van der Waals surface area contributed by atoms with Crippen molar-refractivity contribution in [2.24, 2.45) is 0 Å². The number of alkyl halides is 3. The lowest BCUT2D eigenvalue weighted by Gasteiger charge is -2.35. The lowest BCUT2D eigenvalue weighted by molar-refractivity contribution is -0.137. The molecule has 0 saturated heterocycles.